The second-order valence-electron chi connectivity index (χ2n) is 5.41. The van der Waals surface area contributed by atoms with E-state index in [1.165, 1.54) is 6.92 Å². The van der Waals surface area contributed by atoms with Crippen LogP contribution in [0.4, 0.5) is 0 Å². The van der Waals surface area contributed by atoms with E-state index in [4.69, 9.17) is 16.3 Å². The molecule has 0 saturated carbocycles. The van der Waals surface area contributed by atoms with E-state index in [1.54, 1.807) is 30.5 Å². The highest BCUT2D eigenvalue weighted by Gasteiger charge is 2.30. The number of aliphatic hydroxyl groups excluding tert-OH is 1. The summed E-state index contributed by atoms with van der Waals surface area (Å²) < 4.78 is 5.56. The molecule has 0 aliphatic heterocycles. The number of ether oxygens (including phenoxy) is 1. The largest absolute Gasteiger partial charge is 0.491 e. The van der Waals surface area contributed by atoms with Gasteiger partial charge in [0.25, 0.3) is 0 Å². The van der Waals surface area contributed by atoms with Crippen LogP contribution in [0.5, 0.6) is 5.75 Å². The van der Waals surface area contributed by atoms with Gasteiger partial charge in [0.1, 0.15) is 18.1 Å². The van der Waals surface area contributed by atoms with Crippen LogP contribution in [0.3, 0.4) is 0 Å². The van der Waals surface area contributed by atoms with E-state index in [1.807, 2.05) is 19.1 Å². The van der Waals surface area contributed by atoms with Crippen LogP contribution < -0.4 is 4.74 Å². The predicted molar refractivity (Wildman–Crippen MR) is 86.3 cm³/mol. The van der Waals surface area contributed by atoms with Gasteiger partial charge in [-0.25, -0.2) is 0 Å². The van der Waals surface area contributed by atoms with E-state index < -0.39 is 6.10 Å². The molecule has 5 heteroatoms. The summed E-state index contributed by atoms with van der Waals surface area (Å²) in [6.45, 7) is 3.50. The Kier molecular flexibility index (Phi) is 5.63. The number of aromatic nitrogens is 1. The van der Waals surface area contributed by atoms with E-state index in [0.29, 0.717) is 10.8 Å². The van der Waals surface area contributed by atoms with Crippen LogP contribution >= 0.6 is 11.6 Å². The van der Waals surface area contributed by atoms with E-state index in [2.05, 4.69) is 4.98 Å². The zero-order valence-corrected chi connectivity index (χ0v) is 13.4. The van der Waals surface area contributed by atoms with Crippen molar-refractivity contribution in [3.8, 4) is 5.75 Å². The third-order valence-corrected chi connectivity index (χ3v) is 4.01. The lowest BCUT2D eigenvalue weighted by Crippen LogP contribution is -2.32. The number of halogens is 1. The van der Waals surface area contributed by atoms with Gasteiger partial charge in [-0.3, -0.25) is 4.79 Å². The first-order chi connectivity index (χ1) is 10.5. The van der Waals surface area contributed by atoms with Gasteiger partial charge in [0.05, 0.1) is 12.0 Å². The van der Waals surface area contributed by atoms with Crippen molar-refractivity contribution in [2.45, 2.75) is 25.9 Å². The molecular weight excluding hydrogens is 302 g/mol. The molecule has 2 rings (SSSR count). The molecule has 118 valence electrons. The smallest absolute Gasteiger partial charge is 0.139 e. The Balaban J connectivity index is 1.99. The molecule has 2 N–H and O–H groups in total. The Morgan fingerprint density at radius 2 is 2.00 bits per heavy atom. The predicted octanol–water partition coefficient (Wildman–Crippen LogP) is 3.42. The van der Waals surface area contributed by atoms with Gasteiger partial charge in [-0.1, -0.05) is 18.5 Å². The molecule has 2 aromatic rings. The number of aliphatic hydroxyl groups is 1. The lowest BCUT2D eigenvalue weighted by molar-refractivity contribution is -0.120. The lowest BCUT2D eigenvalue weighted by Gasteiger charge is -2.25. The zero-order valence-electron chi connectivity index (χ0n) is 12.6. The highest BCUT2D eigenvalue weighted by molar-refractivity contribution is 6.30. The number of hydrogen-bond acceptors (Lipinski definition) is 3. The van der Waals surface area contributed by atoms with Gasteiger partial charge in [-0.05, 0) is 43.3 Å². The van der Waals surface area contributed by atoms with Gasteiger partial charge in [0.2, 0.25) is 0 Å². The molecule has 1 aromatic heterocycles. The topological polar surface area (TPSA) is 62.3 Å². The molecule has 1 aromatic carbocycles. The highest BCUT2D eigenvalue weighted by Crippen LogP contribution is 2.27. The molecule has 4 nitrogen and oxygen atoms in total. The molecule has 0 radical (unpaired) electrons. The van der Waals surface area contributed by atoms with Gasteiger partial charge >= 0.3 is 0 Å². The van der Waals surface area contributed by atoms with Gasteiger partial charge in [-0.15, -0.1) is 0 Å². The summed E-state index contributed by atoms with van der Waals surface area (Å²) in [6.07, 6.45) is 1.02. The Bertz CT molecular complexity index is 595. The molecular formula is C17H20ClNO3. The van der Waals surface area contributed by atoms with Crippen molar-refractivity contribution >= 4 is 17.4 Å². The fourth-order valence-electron chi connectivity index (χ4n) is 2.50. The first-order valence-electron chi connectivity index (χ1n) is 7.19. The average molecular weight is 322 g/mol. The van der Waals surface area contributed by atoms with Crippen LogP contribution in [0, 0.1) is 5.92 Å². The van der Waals surface area contributed by atoms with Gasteiger partial charge in [-0.2, -0.15) is 0 Å². The molecule has 0 bridgehead atoms. The summed E-state index contributed by atoms with van der Waals surface area (Å²) in [6, 6.07) is 10.6. The van der Waals surface area contributed by atoms with E-state index in [0.717, 1.165) is 5.69 Å². The number of carbonyl (C=O) groups excluding carboxylic acids is 1. The summed E-state index contributed by atoms with van der Waals surface area (Å²) in [5.41, 5.74) is 0.811. The quantitative estimate of drug-likeness (QED) is 0.821. The number of Topliss-reactive ketones (excluding diaryl/α,β-unsaturated/α-hetero) is 1. The number of nitrogens with one attached hydrogen (secondary N) is 1. The Morgan fingerprint density at radius 1 is 1.32 bits per heavy atom. The summed E-state index contributed by atoms with van der Waals surface area (Å²) >= 11 is 5.81. The molecule has 0 amide bonds. The van der Waals surface area contributed by atoms with Gasteiger partial charge in [0.15, 0.2) is 0 Å². The van der Waals surface area contributed by atoms with Crippen LogP contribution in [-0.4, -0.2) is 28.6 Å². The zero-order chi connectivity index (χ0) is 16.1. The fraction of sp³-hybridized carbons (Fsp3) is 0.353. The lowest BCUT2D eigenvalue weighted by atomic mass is 9.84. The van der Waals surface area contributed by atoms with E-state index >= 15 is 0 Å². The van der Waals surface area contributed by atoms with Crippen molar-refractivity contribution in [1.29, 1.82) is 0 Å². The van der Waals surface area contributed by atoms with Crippen molar-refractivity contribution in [2.24, 2.45) is 5.92 Å². The van der Waals surface area contributed by atoms with Crippen molar-refractivity contribution in [3.05, 3.63) is 53.3 Å². The van der Waals surface area contributed by atoms with Crippen LogP contribution in [0.15, 0.2) is 42.6 Å². The summed E-state index contributed by atoms with van der Waals surface area (Å²) in [5.74, 6) is 0.0117. The molecule has 22 heavy (non-hydrogen) atoms. The standard InChI is InChI=1S/C17H20ClNO3/c1-11(17(12(2)20)15-4-3-9-19-15)16(21)10-22-14-7-5-13(18)6-8-14/h3-9,11,16-17,19,21H,10H2,1-2H3. The summed E-state index contributed by atoms with van der Waals surface area (Å²) in [5, 5.41) is 11.0. The highest BCUT2D eigenvalue weighted by atomic mass is 35.5. The second kappa shape index (κ2) is 7.47. The number of H-pyrrole nitrogens is 1. The van der Waals surface area contributed by atoms with Gasteiger partial charge in [0, 0.05) is 22.8 Å². The van der Waals surface area contributed by atoms with Crippen LogP contribution in [0.2, 0.25) is 5.02 Å². The third-order valence-electron chi connectivity index (χ3n) is 3.76. The number of aromatic amines is 1. The van der Waals surface area contributed by atoms with Crippen LogP contribution in [0.25, 0.3) is 0 Å². The van der Waals surface area contributed by atoms with Crippen molar-refractivity contribution in [2.75, 3.05) is 6.61 Å². The van der Waals surface area contributed by atoms with Crippen LogP contribution in [-0.2, 0) is 4.79 Å². The maximum Gasteiger partial charge on any atom is 0.139 e. The summed E-state index contributed by atoms with van der Waals surface area (Å²) in [4.78, 5) is 15.0. The molecule has 3 unspecified atom stereocenters. The molecule has 0 aliphatic rings. The van der Waals surface area contributed by atoms with Crippen molar-refractivity contribution < 1.29 is 14.6 Å². The minimum atomic E-state index is -0.757. The SMILES string of the molecule is CC(=O)C(c1ccc[nH]1)C(C)C(O)COc1ccc(Cl)cc1. The molecule has 3 atom stereocenters. The van der Waals surface area contributed by atoms with Crippen LogP contribution in [0.1, 0.15) is 25.5 Å². The average Bonchev–Trinajstić information content (AvgIpc) is 3.00. The normalized spacial score (nSPS) is 15.1. The second-order valence-corrected chi connectivity index (χ2v) is 5.84. The van der Waals surface area contributed by atoms with E-state index in [-0.39, 0.29) is 24.2 Å². The molecule has 0 aliphatic carbocycles. The molecule has 0 fully saturated rings. The van der Waals surface area contributed by atoms with Crippen molar-refractivity contribution in [3.63, 3.8) is 0 Å². The molecule has 0 spiro atoms. The fourth-order valence-corrected chi connectivity index (χ4v) is 2.62. The number of rotatable bonds is 7. The maximum atomic E-state index is 11.9. The number of hydrogen-bond donors (Lipinski definition) is 2. The maximum absolute atomic E-state index is 11.9. The van der Waals surface area contributed by atoms with Gasteiger partial charge < -0.3 is 14.8 Å². The summed E-state index contributed by atoms with van der Waals surface area (Å²) in [7, 11) is 0. The first-order valence-corrected chi connectivity index (χ1v) is 7.57. The Labute approximate surface area is 135 Å². The minimum Gasteiger partial charge on any atom is -0.491 e. The monoisotopic (exact) mass is 321 g/mol. The first kappa shape index (κ1) is 16.6. The number of benzene rings is 1. The Hall–Kier alpha value is -1.78. The Morgan fingerprint density at radius 3 is 2.55 bits per heavy atom. The molecule has 1 heterocycles. The van der Waals surface area contributed by atoms with E-state index in [9.17, 15) is 9.90 Å². The number of carbonyl (C=O) groups is 1. The van der Waals surface area contributed by atoms with Crippen molar-refractivity contribution in [1.82, 2.24) is 4.98 Å². The minimum absolute atomic E-state index is 0.0143. The molecule has 0 saturated heterocycles. The number of ketones is 1. The third kappa shape index (κ3) is 4.12.